The molecule has 0 aliphatic heterocycles. The molecule has 1 aliphatic rings. The fourth-order valence-electron chi connectivity index (χ4n) is 2.86. The molecule has 0 spiro atoms. The van der Waals surface area contributed by atoms with Crippen molar-refractivity contribution in [1.82, 2.24) is 15.3 Å². The Hall–Kier alpha value is -2.67. The molecule has 7 nitrogen and oxygen atoms in total. The molecule has 1 amide bonds. The molecule has 1 aromatic heterocycles. The zero-order valence-electron chi connectivity index (χ0n) is 14.3. The number of rotatable bonds is 5. The van der Waals surface area contributed by atoms with E-state index in [1.54, 1.807) is 24.3 Å². The minimum atomic E-state index is -0.477. The molecular formula is C18H19ClN4O3. The van der Waals surface area contributed by atoms with Gasteiger partial charge in [-0.25, -0.2) is 14.8 Å². The third-order valence-electron chi connectivity index (χ3n) is 4.21. The lowest BCUT2D eigenvalue weighted by atomic mass is 10.2. The van der Waals surface area contributed by atoms with E-state index >= 15 is 0 Å². The van der Waals surface area contributed by atoms with Gasteiger partial charge in [-0.2, -0.15) is 0 Å². The van der Waals surface area contributed by atoms with E-state index in [2.05, 4.69) is 20.6 Å². The number of methoxy groups -OCH3 is 1. The molecule has 3 rings (SSSR count). The predicted octanol–water partition coefficient (Wildman–Crippen LogP) is 3.33. The molecule has 2 aromatic rings. The average Bonchev–Trinajstić information content (AvgIpc) is 3.16. The second kappa shape index (κ2) is 8.14. The van der Waals surface area contributed by atoms with E-state index in [1.807, 2.05) is 0 Å². The third-order valence-corrected chi connectivity index (χ3v) is 4.54. The standard InChI is InChI=1S/C18H19ClN4O3/c1-26-17(25)11-6-7-13(19)15(10-11)23-18-20-9-8-14(22-18)16(24)21-12-4-2-3-5-12/h6-10,12H,2-5H2,1H3,(H,21,24)(H,20,22,23). The van der Waals surface area contributed by atoms with Gasteiger partial charge in [-0.05, 0) is 37.1 Å². The van der Waals surface area contributed by atoms with Crippen molar-refractivity contribution in [3.63, 3.8) is 0 Å². The predicted molar refractivity (Wildman–Crippen MR) is 97.8 cm³/mol. The van der Waals surface area contributed by atoms with E-state index < -0.39 is 5.97 Å². The molecule has 2 N–H and O–H groups in total. The van der Waals surface area contributed by atoms with Crippen LogP contribution in [0.3, 0.4) is 0 Å². The first-order chi connectivity index (χ1) is 12.6. The molecule has 8 heteroatoms. The Bertz CT molecular complexity index is 822. The fraction of sp³-hybridized carbons (Fsp3) is 0.333. The number of nitrogens with zero attached hydrogens (tertiary/aromatic N) is 2. The molecular weight excluding hydrogens is 356 g/mol. The Morgan fingerprint density at radius 2 is 2.00 bits per heavy atom. The number of ether oxygens (including phenoxy) is 1. The Balaban J connectivity index is 1.76. The van der Waals surface area contributed by atoms with E-state index in [4.69, 9.17) is 16.3 Å². The van der Waals surface area contributed by atoms with Crippen molar-refractivity contribution in [1.29, 1.82) is 0 Å². The monoisotopic (exact) mass is 374 g/mol. The molecule has 0 saturated heterocycles. The van der Waals surface area contributed by atoms with Gasteiger partial charge < -0.3 is 15.4 Å². The van der Waals surface area contributed by atoms with Gasteiger partial charge in [-0.15, -0.1) is 0 Å². The molecule has 0 radical (unpaired) electrons. The summed E-state index contributed by atoms with van der Waals surface area (Å²) in [6.45, 7) is 0. The van der Waals surface area contributed by atoms with Crippen molar-refractivity contribution >= 4 is 35.1 Å². The Kier molecular flexibility index (Phi) is 5.68. The molecule has 0 unspecified atom stereocenters. The lowest BCUT2D eigenvalue weighted by molar-refractivity contribution is 0.0600. The first kappa shape index (κ1) is 18.1. The molecule has 1 heterocycles. The highest BCUT2D eigenvalue weighted by atomic mass is 35.5. The van der Waals surface area contributed by atoms with Crippen molar-refractivity contribution in [2.45, 2.75) is 31.7 Å². The van der Waals surface area contributed by atoms with Crippen LogP contribution in [0.5, 0.6) is 0 Å². The number of aromatic nitrogens is 2. The minimum Gasteiger partial charge on any atom is -0.465 e. The van der Waals surface area contributed by atoms with Crippen LogP contribution in [0.2, 0.25) is 5.02 Å². The largest absolute Gasteiger partial charge is 0.465 e. The zero-order chi connectivity index (χ0) is 18.5. The van der Waals surface area contributed by atoms with E-state index in [-0.39, 0.29) is 23.6 Å². The average molecular weight is 375 g/mol. The summed E-state index contributed by atoms with van der Waals surface area (Å²) < 4.78 is 4.70. The van der Waals surface area contributed by atoms with Crippen LogP contribution in [0, 0.1) is 0 Å². The number of nitrogens with one attached hydrogen (secondary N) is 2. The highest BCUT2D eigenvalue weighted by Gasteiger charge is 2.19. The van der Waals surface area contributed by atoms with Gasteiger partial charge in [-0.3, -0.25) is 4.79 Å². The summed E-state index contributed by atoms with van der Waals surface area (Å²) in [4.78, 5) is 32.3. The van der Waals surface area contributed by atoms with Crippen molar-refractivity contribution in [3.8, 4) is 0 Å². The first-order valence-corrected chi connectivity index (χ1v) is 8.73. The van der Waals surface area contributed by atoms with Crippen molar-refractivity contribution < 1.29 is 14.3 Å². The Morgan fingerprint density at radius 1 is 1.23 bits per heavy atom. The quantitative estimate of drug-likeness (QED) is 0.780. The fourth-order valence-corrected chi connectivity index (χ4v) is 3.03. The van der Waals surface area contributed by atoms with Gasteiger partial charge >= 0.3 is 5.97 Å². The van der Waals surface area contributed by atoms with Gasteiger partial charge in [0.1, 0.15) is 5.69 Å². The van der Waals surface area contributed by atoms with E-state index in [9.17, 15) is 9.59 Å². The maximum Gasteiger partial charge on any atom is 0.337 e. The molecule has 1 saturated carbocycles. The van der Waals surface area contributed by atoms with Crippen molar-refractivity contribution in [3.05, 3.63) is 46.7 Å². The summed E-state index contributed by atoms with van der Waals surface area (Å²) in [5, 5.41) is 6.31. The molecule has 0 atom stereocenters. The van der Waals surface area contributed by atoms with Gasteiger partial charge in [0, 0.05) is 12.2 Å². The van der Waals surface area contributed by atoms with Crippen LogP contribution in [-0.4, -0.2) is 35.0 Å². The lowest BCUT2D eigenvalue weighted by Gasteiger charge is -2.12. The van der Waals surface area contributed by atoms with Gasteiger partial charge in [0.05, 0.1) is 23.4 Å². The van der Waals surface area contributed by atoms with Gasteiger partial charge in [0.15, 0.2) is 0 Å². The lowest BCUT2D eigenvalue weighted by Crippen LogP contribution is -2.33. The summed E-state index contributed by atoms with van der Waals surface area (Å²) >= 11 is 6.16. The molecule has 1 fully saturated rings. The Morgan fingerprint density at radius 3 is 2.73 bits per heavy atom. The maximum atomic E-state index is 12.3. The van der Waals surface area contributed by atoms with Crippen molar-refractivity contribution in [2.75, 3.05) is 12.4 Å². The second-order valence-electron chi connectivity index (χ2n) is 6.03. The van der Waals surface area contributed by atoms with Crippen molar-refractivity contribution in [2.24, 2.45) is 0 Å². The number of esters is 1. The molecule has 1 aliphatic carbocycles. The second-order valence-corrected chi connectivity index (χ2v) is 6.44. The summed E-state index contributed by atoms with van der Waals surface area (Å²) in [7, 11) is 1.31. The SMILES string of the molecule is COC(=O)c1ccc(Cl)c(Nc2nccc(C(=O)NC3CCCC3)n2)c1. The highest BCUT2D eigenvalue weighted by Crippen LogP contribution is 2.26. The number of anilines is 2. The van der Waals surface area contributed by atoms with Gasteiger partial charge in [0.2, 0.25) is 5.95 Å². The van der Waals surface area contributed by atoms with Crippen LogP contribution >= 0.6 is 11.6 Å². The molecule has 136 valence electrons. The van der Waals surface area contributed by atoms with Crippen LogP contribution in [0.4, 0.5) is 11.6 Å². The number of halogens is 1. The van der Waals surface area contributed by atoms with Crippen LogP contribution in [0.15, 0.2) is 30.5 Å². The number of carbonyl (C=O) groups excluding carboxylic acids is 2. The summed E-state index contributed by atoms with van der Waals surface area (Å²) in [5.74, 6) is -0.486. The normalized spacial score (nSPS) is 14.1. The number of hydrogen-bond acceptors (Lipinski definition) is 6. The van der Waals surface area contributed by atoms with E-state index in [0.717, 1.165) is 25.7 Å². The van der Waals surface area contributed by atoms with Crippen LogP contribution < -0.4 is 10.6 Å². The molecule has 1 aromatic carbocycles. The van der Waals surface area contributed by atoms with E-state index in [0.29, 0.717) is 16.3 Å². The van der Waals surface area contributed by atoms with Crippen LogP contribution in [-0.2, 0) is 4.74 Å². The number of hydrogen-bond donors (Lipinski definition) is 2. The first-order valence-electron chi connectivity index (χ1n) is 8.35. The highest BCUT2D eigenvalue weighted by molar-refractivity contribution is 6.33. The summed E-state index contributed by atoms with van der Waals surface area (Å²) in [6, 6.07) is 6.45. The van der Waals surface area contributed by atoms with Crippen LogP contribution in [0.25, 0.3) is 0 Å². The minimum absolute atomic E-state index is 0.208. The third kappa shape index (κ3) is 4.29. The number of benzene rings is 1. The smallest absolute Gasteiger partial charge is 0.337 e. The number of carbonyl (C=O) groups is 2. The maximum absolute atomic E-state index is 12.3. The van der Waals surface area contributed by atoms with E-state index in [1.165, 1.54) is 13.3 Å². The Labute approximate surface area is 156 Å². The van der Waals surface area contributed by atoms with Gasteiger partial charge in [0.25, 0.3) is 5.91 Å². The summed E-state index contributed by atoms with van der Waals surface area (Å²) in [6.07, 6.45) is 5.76. The zero-order valence-corrected chi connectivity index (χ0v) is 15.0. The topological polar surface area (TPSA) is 93.2 Å². The molecule has 0 bridgehead atoms. The van der Waals surface area contributed by atoms with Gasteiger partial charge in [-0.1, -0.05) is 24.4 Å². The number of amides is 1. The summed E-state index contributed by atoms with van der Waals surface area (Å²) in [5.41, 5.74) is 1.06. The molecule has 26 heavy (non-hydrogen) atoms. The van der Waals surface area contributed by atoms with Crippen LogP contribution in [0.1, 0.15) is 46.5 Å².